The normalized spacial score (nSPS) is 19.1. The minimum absolute atomic E-state index is 0.125. The lowest BCUT2D eigenvalue weighted by molar-refractivity contribution is -0.123. The molecule has 3 aromatic rings. The maximum absolute atomic E-state index is 12.5. The van der Waals surface area contributed by atoms with Crippen molar-refractivity contribution in [3.8, 4) is 5.75 Å². The molecule has 192 valence electrons. The van der Waals surface area contributed by atoms with Crippen molar-refractivity contribution in [3.05, 3.63) is 77.9 Å². The van der Waals surface area contributed by atoms with Gasteiger partial charge in [0.05, 0.1) is 6.10 Å². The van der Waals surface area contributed by atoms with E-state index < -0.39 is 0 Å². The van der Waals surface area contributed by atoms with Crippen molar-refractivity contribution in [3.63, 3.8) is 0 Å². The molecule has 2 fully saturated rings. The second-order valence-corrected chi connectivity index (χ2v) is 9.97. The van der Waals surface area contributed by atoms with Crippen molar-refractivity contribution in [2.45, 2.75) is 50.7 Å². The highest BCUT2D eigenvalue weighted by Gasteiger charge is 2.32. The summed E-state index contributed by atoms with van der Waals surface area (Å²) in [6.07, 6.45) is 5.86. The molecule has 7 heteroatoms. The predicted molar refractivity (Wildman–Crippen MR) is 143 cm³/mol. The summed E-state index contributed by atoms with van der Waals surface area (Å²) in [5, 5.41) is 11.0. The minimum Gasteiger partial charge on any atom is -0.490 e. The van der Waals surface area contributed by atoms with E-state index in [1.807, 2.05) is 48.5 Å². The molecule has 0 atom stereocenters. The van der Waals surface area contributed by atoms with E-state index in [2.05, 4.69) is 16.0 Å². The quantitative estimate of drug-likeness (QED) is 0.384. The summed E-state index contributed by atoms with van der Waals surface area (Å²) in [7, 11) is 0. The molecule has 3 N–H and O–H groups in total. The zero-order chi connectivity index (χ0) is 25.6. The number of hydrogen-bond donors (Lipinski definition) is 3. The molecule has 2 aliphatic rings. The Bertz CT molecular complexity index is 1260. The maximum Gasteiger partial charge on any atom is 0.251 e. The Labute approximate surface area is 217 Å². The van der Waals surface area contributed by atoms with Crippen molar-refractivity contribution in [1.29, 1.82) is 0 Å². The lowest BCUT2D eigenvalue weighted by Gasteiger charge is -2.29. The molecule has 0 aromatic heterocycles. The Morgan fingerprint density at radius 3 is 2.00 bits per heavy atom. The van der Waals surface area contributed by atoms with Gasteiger partial charge in [0, 0.05) is 36.2 Å². The van der Waals surface area contributed by atoms with Crippen molar-refractivity contribution in [2.24, 2.45) is 5.92 Å². The van der Waals surface area contributed by atoms with Gasteiger partial charge in [-0.3, -0.25) is 14.4 Å². The number of hydrogen-bond acceptors (Lipinski definition) is 4. The van der Waals surface area contributed by atoms with Crippen LogP contribution in [0, 0.1) is 5.92 Å². The average molecular weight is 500 g/mol. The number of fused-ring (bicyclic) bond motifs is 1. The molecule has 37 heavy (non-hydrogen) atoms. The number of amides is 3. The number of carbonyl (C=O) groups is 3. The van der Waals surface area contributed by atoms with Gasteiger partial charge in [-0.05, 0) is 85.7 Å². The molecule has 2 aliphatic carbocycles. The van der Waals surface area contributed by atoms with Gasteiger partial charge in [-0.15, -0.1) is 0 Å². The Morgan fingerprint density at radius 2 is 1.32 bits per heavy atom. The molecule has 3 amide bonds. The first-order chi connectivity index (χ1) is 18.0. The van der Waals surface area contributed by atoms with Gasteiger partial charge in [0.25, 0.3) is 11.8 Å². The number of rotatable bonds is 9. The number of nitrogens with one attached hydrogen (secondary N) is 3. The monoisotopic (exact) mass is 499 g/mol. The fourth-order valence-electron chi connectivity index (χ4n) is 4.75. The predicted octanol–water partition coefficient (Wildman–Crippen LogP) is 4.22. The summed E-state index contributed by atoms with van der Waals surface area (Å²) < 4.78 is 6.10. The third kappa shape index (κ3) is 6.67. The van der Waals surface area contributed by atoms with E-state index in [-0.39, 0.29) is 35.8 Å². The van der Waals surface area contributed by atoms with E-state index in [9.17, 15) is 14.4 Å². The van der Waals surface area contributed by atoms with E-state index in [0.29, 0.717) is 24.2 Å². The average Bonchev–Trinajstić information content (AvgIpc) is 3.78. The van der Waals surface area contributed by atoms with E-state index in [0.717, 1.165) is 55.0 Å². The molecule has 0 unspecified atom stereocenters. The van der Waals surface area contributed by atoms with Crippen LogP contribution in [0.1, 0.15) is 59.2 Å². The van der Waals surface area contributed by atoms with Crippen LogP contribution in [0.25, 0.3) is 10.8 Å². The zero-order valence-electron chi connectivity index (χ0n) is 20.9. The topological polar surface area (TPSA) is 96.5 Å². The Balaban J connectivity index is 1.01. The van der Waals surface area contributed by atoms with E-state index in [1.165, 1.54) is 0 Å². The highest BCUT2D eigenvalue weighted by molar-refractivity contribution is 5.98. The van der Waals surface area contributed by atoms with Crippen LogP contribution in [0.15, 0.2) is 66.7 Å². The maximum atomic E-state index is 12.5. The van der Waals surface area contributed by atoms with Crippen LogP contribution in [-0.4, -0.2) is 43.0 Å². The van der Waals surface area contributed by atoms with E-state index in [4.69, 9.17) is 4.74 Å². The summed E-state index contributed by atoms with van der Waals surface area (Å²) >= 11 is 0. The summed E-state index contributed by atoms with van der Waals surface area (Å²) in [5.74, 6) is 0.841. The number of benzene rings is 3. The van der Waals surface area contributed by atoms with Crippen LogP contribution >= 0.6 is 0 Å². The fourth-order valence-corrected chi connectivity index (χ4v) is 4.75. The van der Waals surface area contributed by atoms with Gasteiger partial charge in [-0.2, -0.15) is 0 Å². The summed E-state index contributed by atoms with van der Waals surface area (Å²) in [6, 6.07) is 20.9. The second-order valence-electron chi connectivity index (χ2n) is 9.97. The molecule has 0 radical (unpaired) electrons. The molecular weight excluding hydrogens is 466 g/mol. The summed E-state index contributed by atoms with van der Waals surface area (Å²) in [4.78, 5) is 36.9. The summed E-state index contributed by atoms with van der Waals surface area (Å²) in [6.45, 7) is 0.666. The highest BCUT2D eigenvalue weighted by Crippen LogP contribution is 2.30. The Morgan fingerprint density at radius 1 is 0.703 bits per heavy atom. The molecule has 0 saturated heterocycles. The van der Waals surface area contributed by atoms with E-state index >= 15 is 0 Å². The van der Waals surface area contributed by atoms with Gasteiger partial charge in [0.1, 0.15) is 5.75 Å². The van der Waals surface area contributed by atoms with Crippen molar-refractivity contribution >= 4 is 28.5 Å². The van der Waals surface area contributed by atoms with Gasteiger partial charge in [-0.25, -0.2) is 0 Å². The second kappa shape index (κ2) is 11.5. The molecule has 2 saturated carbocycles. The SMILES string of the molecule is O=C(NCCNC(=O)c1ccc2ccccc2c1)c1ccc(O[C@H]2CC[C@@H](NC(=O)C3CC3)CC2)cc1. The van der Waals surface area contributed by atoms with Crippen molar-refractivity contribution in [2.75, 3.05) is 13.1 Å². The molecular formula is C30H33N3O4. The Kier molecular flexibility index (Phi) is 7.68. The molecule has 0 aliphatic heterocycles. The van der Waals surface area contributed by atoms with Gasteiger partial charge >= 0.3 is 0 Å². The lowest BCUT2D eigenvalue weighted by Crippen LogP contribution is -2.40. The van der Waals surface area contributed by atoms with Crippen molar-refractivity contribution in [1.82, 2.24) is 16.0 Å². The van der Waals surface area contributed by atoms with Crippen molar-refractivity contribution < 1.29 is 19.1 Å². The first-order valence-corrected chi connectivity index (χ1v) is 13.2. The zero-order valence-corrected chi connectivity index (χ0v) is 20.9. The van der Waals surface area contributed by atoms with Crippen LogP contribution in [0.5, 0.6) is 5.75 Å². The van der Waals surface area contributed by atoms with Crippen LogP contribution in [0.4, 0.5) is 0 Å². The third-order valence-corrected chi connectivity index (χ3v) is 7.10. The van der Waals surface area contributed by atoms with Gasteiger partial charge in [0.15, 0.2) is 0 Å². The van der Waals surface area contributed by atoms with Crippen LogP contribution in [0.2, 0.25) is 0 Å². The minimum atomic E-state index is -0.196. The largest absolute Gasteiger partial charge is 0.490 e. The number of ether oxygens (including phenoxy) is 1. The first-order valence-electron chi connectivity index (χ1n) is 13.2. The standard InChI is InChI=1S/C30H33N3O4/c34-28(31-17-18-32-29(35)24-8-5-20-3-1-2-4-23(20)19-24)21-9-13-26(14-10-21)37-27-15-11-25(12-16-27)33-30(36)22-6-7-22/h1-5,8-10,13-14,19,22,25,27H,6-7,11-12,15-18H2,(H,31,34)(H,32,35)(H,33,36)/t25-,27+. The highest BCUT2D eigenvalue weighted by atomic mass is 16.5. The lowest BCUT2D eigenvalue weighted by atomic mass is 9.92. The molecule has 0 bridgehead atoms. The first kappa shape index (κ1) is 24.8. The van der Waals surface area contributed by atoms with Gasteiger partial charge in [-0.1, -0.05) is 30.3 Å². The fraction of sp³-hybridized carbons (Fsp3) is 0.367. The number of carbonyl (C=O) groups excluding carboxylic acids is 3. The molecule has 3 aromatic carbocycles. The third-order valence-electron chi connectivity index (χ3n) is 7.10. The van der Waals surface area contributed by atoms with Crippen LogP contribution in [-0.2, 0) is 4.79 Å². The molecule has 0 heterocycles. The summed E-state index contributed by atoms with van der Waals surface area (Å²) in [5.41, 5.74) is 1.14. The van der Waals surface area contributed by atoms with E-state index in [1.54, 1.807) is 18.2 Å². The Hall–Kier alpha value is -3.87. The van der Waals surface area contributed by atoms with Gasteiger partial charge < -0.3 is 20.7 Å². The van der Waals surface area contributed by atoms with Crippen LogP contribution in [0.3, 0.4) is 0 Å². The molecule has 0 spiro atoms. The van der Waals surface area contributed by atoms with Gasteiger partial charge in [0.2, 0.25) is 5.91 Å². The van der Waals surface area contributed by atoms with Crippen LogP contribution < -0.4 is 20.7 Å². The molecule has 5 rings (SSSR count). The smallest absolute Gasteiger partial charge is 0.251 e. The molecule has 7 nitrogen and oxygen atoms in total.